The smallest absolute Gasteiger partial charge is 0.414 e. The zero-order chi connectivity index (χ0) is 23.6. The molecule has 0 fully saturated rings. The van der Waals surface area contributed by atoms with Gasteiger partial charge in [-0.15, -0.1) is 0 Å². The second-order valence-corrected chi connectivity index (χ2v) is 10.1. The van der Waals surface area contributed by atoms with Crippen LogP contribution < -0.4 is 14.5 Å². The molecule has 1 atom stereocenters. The molecular weight excluding hydrogens is 430 g/mol. The third-order valence-corrected chi connectivity index (χ3v) is 6.47. The van der Waals surface area contributed by atoms with Gasteiger partial charge in [-0.3, -0.25) is 14.4 Å². The molecule has 32 heavy (non-hydrogen) atoms. The Balaban J connectivity index is 2.07. The summed E-state index contributed by atoms with van der Waals surface area (Å²) < 4.78 is 31.9. The number of ether oxygens (including phenoxy) is 1. The van der Waals surface area contributed by atoms with Crippen LogP contribution in [0.5, 0.6) is 0 Å². The molecule has 0 unspecified atom stereocenters. The van der Waals surface area contributed by atoms with Crippen LogP contribution in [0.3, 0.4) is 0 Å². The van der Waals surface area contributed by atoms with E-state index in [2.05, 4.69) is 4.72 Å². The molecule has 9 heteroatoms. The zero-order valence-corrected chi connectivity index (χ0v) is 19.8. The van der Waals surface area contributed by atoms with Crippen LogP contribution >= 0.6 is 0 Å². The fourth-order valence-electron chi connectivity index (χ4n) is 3.74. The maximum Gasteiger partial charge on any atom is 0.414 e. The quantitative estimate of drug-likeness (QED) is 0.722. The summed E-state index contributed by atoms with van der Waals surface area (Å²) in [6, 6.07) is 12.3. The number of carbonyl (C=O) groups excluding carboxylic acids is 2. The van der Waals surface area contributed by atoms with Crippen LogP contribution in [0.1, 0.15) is 34.6 Å². The minimum atomic E-state index is -3.40. The molecule has 2 aromatic carbocycles. The lowest BCUT2D eigenvalue weighted by Crippen LogP contribution is -2.51. The Morgan fingerprint density at radius 2 is 1.81 bits per heavy atom. The van der Waals surface area contributed by atoms with Gasteiger partial charge in [-0.25, -0.2) is 13.2 Å². The van der Waals surface area contributed by atoms with Gasteiger partial charge in [0.1, 0.15) is 0 Å². The Labute approximate surface area is 189 Å². The van der Waals surface area contributed by atoms with Gasteiger partial charge in [0.05, 0.1) is 29.3 Å². The van der Waals surface area contributed by atoms with E-state index in [0.29, 0.717) is 23.6 Å². The third-order valence-electron chi connectivity index (χ3n) is 5.16. The minimum absolute atomic E-state index is 0.0257. The molecule has 1 N–H and O–H groups in total. The number of benzene rings is 2. The van der Waals surface area contributed by atoms with Gasteiger partial charge in [0, 0.05) is 19.2 Å². The molecule has 3 rings (SSSR count). The van der Waals surface area contributed by atoms with Gasteiger partial charge in [0.25, 0.3) is 0 Å². The number of fused-ring (bicyclic) bond motifs is 1. The first-order chi connectivity index (χ1) is 15.0. The van der Waals surface area contributed by atoms with E-state index in [1.807, 2.05) is 25.1 Å². The van der Waals surface area contributed by atoms with Gasteiger partial charge in [-0.1, -0.05) is 18.2 Å². The van der Waals surface area contributed by atoms with Crippen LogP contribution in [0.4, 0.5) is 21.9 Å². The molecule has 0 aromatic heterocycles. The molecule has 1 aliphatic rings. The fourth-order valence-corrected chi connectivity index (χ4v) is 4.37. The van der Waals surface area contributed by atoms with Gasteiger partial charge in [0.15, 0.2) is 0 Å². The number of hydrogen-bond acceptors (Lipinski definition) is 5. The van der Waals surface area contributed by atoms with Crippen LogP contribution in [0.15, 0.2) is 42.5 Å². The SMILES string of the molecule is CCS(=O)(=O)Nc1cccc(-c2ccc3c(c2)N(C(=O)OC(C)C)C[C@H](C)N3C(C)=O)c1. The summed E-state index contributed by atoms with van der Waals surface area (Å²) in [4.78, 5) is 28.3. The molecule has 1 aliphatic heterocycles. The van der Waals surface area contributed by atoms with Crippen LogP contribution in [-0.4, -0.2) is 44.9 Å². The number of rotatable bonds is 5. The Morgan fingerprint density at radius 1 is 1.12 bits per heavy atom. The van der Waals surface area contributed by atoms with E-state index in [1.165, 1.54) is 6.92 Å². The third kappa shape index (κ3) is 5.04. The van der Waals surface area contributed by atoms with Crippen molar-refractivity contribution in [3.63, 3.8) is 0 Å². The zero-order valence-electron chi connectivity index (χ0n) is 19.0. The summed E-state index contributed by atoms with van der Waals surface area (Å²) >= 11 is 0. The van der Waals surface area contributed by atoms with Gasteiger partial charge < -0.3 is 9.64 Å². The van der Waals surface area contributed by atoms with Crippen molar-refractivity contribution < 1.29 is 22.7 Å². The maximum atomic E-state index is 12.8. The first-order valence-corrected chi connectivity index (χ1v) is 12.2. The second-order valence-electron chi connectivity index (χ2n) is 8.07. The van der Waals surface area contributed by atoms with Crippen molar-refractivity contribution in [2.24, 2.45) is 0 Å². The van der Waals surface area contributed by atoms with Crippen molar-refractivity contribution in [2.45, 2.75) is 46.8 Å². The first kappa shape index (κ1) is 23.6. The summed E-state index contributed by atoms with van der Waals surface area (Å²) in [6.45, 7) is 8.83. The summed E-state index contributed by atoms with van der Waals surface area (Å²) in [7, 11) is -3.40. The van der Waals surface area contributed by atoms with E-state index < -0.39 is 16.1 Å². The van der Waals surface area contributed by atoms with Crippen molar-refractivity contribution in [3.05, 3.63) is 42.5 Å². The monoisotopic (exact) mass is 459 g/mol. The predicted molar refractivity (Wildman–Crippen MR) is 127 cm³/mol. The molecule has 0 saturated carbocycles. The minimum Gasteiger partial charge on any atom is -0.446 e. The topological polar surface area (TPSA) is 96.0 Å². The Kier molecular flexibility index (Phi) is 6.78. The number of nitrogens with one attached hydrogen (secondary N) is 1. The normalized spacial score (nSPS) is 16.0. The van der Waals surface area contributed by atoms with Gasteiger partial charge in [-0.05, 0) is 63.1 Å². The van der Waals surface area contributed by atoms with Crippen LogP contribution in [-0.2, 0) is 19.6 Å². The van der Waals surface area contributed by atoms with E-state index in [4.69, 9.17) is 4.74 Å². The first-order valence-electron chi connectivity index (χ1n) is 10.5. The van der Waals surface area contributed by atoms with Crippen molar-refractivity contribution in [1.82, 2.24) is 0 Å². The molecule has 0 spiro atoms. The Morgan fingerprint density at radius 3 is 2.44 bits per heavy atom. The highest BCUT2D eigenvalue weighted by molar-refractivity contribution is 7.92. The van der Waals surface area contributed by atoms with Gasteiger partial charge >= 0.3 is 6.09 Å². The second kappa shape index (κ2) is 9.20. The molecule has 172 valence electrons. The van der Waals surface area contributed by atoms with Crippen molar-refractivity contribution in [3.8, 4) is 11.1 Å². The van der Waals surface area contributed by atoms with E-state index in [0.717, 1.165) is 11.1 Å². The van der Waals surface area contributed by atoms with Crippen LogP contribution in [0.25, 0.3) is 11.1 Å². The van der Waals surface area contributed by atoms with Crippen molar-refractivity contribution in [2.75, 3.05) is 26.8 Å². The van der Waals surface area contributed by atoms with Gasteiger partial charge in [-0.2, -0.15) is 0 Å². The molecule has 0 aliphatic carbocycles. The largest absolute Gasteiger partial charge is 0.446 e. The van der Waals surface area contributed by atoms with Crippen LogP contribution in [0, 0.1) is 0 Å². The van der Waals surface area contributed by atoms with E-state index in [9.17, 15) is 18.0 Å². The average molecular weight is 460 g/mol. The standard InChI is InChI=1S/C23H29N3O5S/c1-6-32(29,30)24-20-9-7-8-18(12-20)19-10-11-21-22(13-19)25(23(28)31-15(2)3)14-16(4)26(21)17(5)27/h7-13,15-16,24H,6,14H2,1-5H3/t16-/m0/s1. The average Bonchev–Trinajstić information content (AvgIpc) is 2.71. The highest BCUT2D eigenvalue weighted by atomic mass is 32.2. The summed E-state index contributed by atoms with van der Waals surface area (Å²) in [5.41, 5.74) is 3.21. The predicted octanol–water partition coefficient (Wildman–Crippen LogP) is 4.22. The number of sulfonamides is 1. The van der Waals surface area contributed by atoms with E-state index in [-0.39, 0.29) is 23.8 Å². The lowest BCUT2D eigenvalue weighted by Gasteiger charge is -2.40. The summed E-state index contributed by atoms with van der Waals surface area (Å²) in [5, 5.41) is 0. The number of anilines is 3. The lowest BCUT2D eigenvalue weighted by molar-refractivity contribution is -0.117. The maximum absolute atomic E-state index is 12.8. The summed E-state index contributed by atoms with van der Waals surface area (Å²) in [6.07, 6.45) is -0.753. The fraction of sp³-hybridized carbons (Fsp3) is 0.391. The van der Waals surface area contributed by atoms with Crippen molar-refractivity contribution in [1.29, 1.82) is 0 Å². The van der Waals surface area contributed by atoms with Crippen molar-refractivity contribution >= 4 is 39.1 Å². The van der Waals surface area contributed by atoms with Crippen LogP contribution in [0.2, 0.25) is 0 Å². The molecule has 1 heterocycles. The Bertz CT molecular complexity index is 1130. The van der Waals surface area contributed by atoms with Gasteiger partial charge in [0.2, 0.25) is 15.9 Å². The highest BCUT2D eigenvalue weighted by Crippen LogP contribution is 2.39. The molecule has 0 radical (unpaired) electrons. The molecule has 0 bridgehead atoms. The van der Waals surface area contributed by atoms with E-state index in [1.54, 1.807) is 54.8 Å². The van der Waals surface area contributed by atoms with E-state index >= 15 is 0 Å². The molecule has 0 saturated heterocycles. The highest BCUT2D eigenvalue weighted by Gasteiger charge is 2.34. The molecule has 8 nitrogen and oxygen atoms in total. The lowest BCUT2D eigenvalue weighted by atomic mass is 10.0. The Hall–Kier alpha value is -3.07. The number of carbonyl (C=O) groups is 2. The number of nitrogens with zero attached hydrogens (tertiary/aromatic N) is 2. The molecule has 2 aromatic rings. The molecule has 2 amide bonds. The molecular formula is C23H29N3O5S. The summed E-state index contributed by atoms with van der Waals surface area (Å²) in [5.74, 6) is -0.137. The number of amides is 2. The number of hydrogen-bond donors (Lipinski definition) is 1.